The molecule has 0 saturated heterocycles. The molecule has 2 aromatic carbocycles. The highest BCUT2D eigenvalue weighted by Crippen LogP contribution is 2.34. The van der Waals surface area contributed by atoms with Crippen molar-refractivity contribution in [1.29, 1.82) is 0 Å². The second kappa shape index (κ2) is 12.2. The molecule has 0 aliphatic rings. The lowest BCUT2D eigenvalue weighted by Crippen LogP contribution is -2.30. The maximum absolute atomic E-state index is 12.5. The number of amides is 1. The summed E-state index contributed by atoms with van der Waals surface area (Å²) < 4.78 is 23.2. The van der Waals surface area contributed by atoms with E-state index in [0.29, 0.717) is 37.7 Å². The van der Waals surface area contributed by atoms with Crippen LogP contribution in [0.4, 0.5) is 5.69 Å². The van der Waals surface area contributed by atoms with Crippen molar-refractivity contribution in [3.8, 4) is 23.0 Å². The zero-order chi connectivity index (χ0) is 23.7. The summed E-state index contributed by atoms with van der Waals surface area (Å²) in [5.41, 5.74) is 1.85. The number of hydrogen-bond acceptors (Lipinski definition) is 5. The quantitative estimate of drug-likeness (QED) is 0.424. The van der Waals surface area contributed by atoms with Gasteiger partial charge in [0.05, 0.1) is 25.4 Å². The molecule has 0 aromatic heterocycles. The third-order valence-electron chi connectivity index (χ3n) is 4.58. The van der Waals surface area contributed by atoms with Gasteiger partial charge in [0.2, 0.25) is 5.91 Å². The van der Waals surface area contributed by atoms with Gasteiger partial charge >= 0.3 is 0 Å². The van der Waals surface area contributed by atoms with E-state index in [1.54, 1.807) is 11.8 Å². The van der Waals surface area contributed by atoms with Crippen molar-refractivity contribution in [3.05, 3.63) is 42.0 Å². The molecule has 176 valence electrons. The van der Waals surface area contributed by atoms with Crippen molar-refractivity contribution in [2.24, 2.45) is 0 Å². The molecule has 0 spiro atoms. The Balaban J connectivity index is 2.25. The highest BCUT2D eigenvalue weighted by Gasteiger charge is 2.17. The van der Waals surface area contributed by atoms with Crippen molar-refractivity contribution in [2.45, 2.75) is 67.1 Å². The molecule has 0 saturated carbocycles. The third kappa shape index (κ3) is 7.36. The molecule has 0 aliphatic carbocycles. The number of anilines is 1. The van der Waals surface area contributed by atoms with Gasteiger partial charge in [0.15, 0.2) is 23.0 Å². The summed E-state index contributed by atoms with van der Waals surface area (Å²) in [5.74, 6) is 2.74. The summed E-state index contributed by atoms with van der Waals surface area (Å²) in [6.45, 7) is 15.0. The molecule has 1 amide bonds. The lowest BCUT2D eigenvalue weighted by molar-refractivity contribution is -0.116. The fraction of sp³-hybridized carbons (Fsp3) is 0.500. The number of carbonyl (C=O) groups is 1. The molecule has 32 heavy (non-hydrogen) atoms. The van der Waals surface area contributed by atoms with E-state index in [4.69, 9.17) is 18.9 Å². The van der Waals surface area contributed by atoms with Crippen molar-refractivity contribution >= 4 is 11.6 Å². The van der Waals surface area contributed by atoms with E-state index < -0.39 is 0 Å². The summed E-state index contributed by atoms with van der Waals surface area (Å²) in [5, 5.41) is 0. The fourth-order valence-electron chi connectivity index (χ4n) is 3.32. The Morgan fingerprint density at radius 1 is 0.812 bits per heavy atom. The van der Waals surface area contributed by atoms with Crippen LogP contribution in [0.3, 0.4) is 0 Å². The Kier molecular flexibility index (Phi) is 9.69. The van der Waals surface area contributed by atoms with E-state index in [-0.39, 0.29) is 18.1 Å². The van der Waals surface area contributed by atoms with Crippen molar-refractivity contribution in [1.82, 2.24) is 0 Å². The molecule has 0 heterocycles. The smallest absolute Gasteiger partial charge is 0.223 e. The van der Waals surface area contributed by atoms with Gasteiger partial charge in [-0.15, -0.1) is 0 Å². The first-order chi connectivity index (χ1) is 15.2. The highest BCUT2D eigenvalue weighted by molar-refractivity contribution is 5.91. The van der Waals surface area contributed by atoms with Gasteiger partial charge in [0, 0.05) is 25.2 Å². The Bertz CT molecular complexity index is 879. The van der Waals surface area contributed by atoms with E-state index in [2.05, 4.69) is 0 Å². The molecule has 6 nitrogen and oxygen atoms in total. The standard InChI is InChI=1S/C26H37NO5/c1-8-29-23-12-10-21(16-25(23)30-9-2)14-15-27(20(7)28)22-11-13-24(31-18(3)4)26(17-22)32-19(5)6/h10-13,16-19H,8-9,14-15H2,1-7H3. The molecule has 6 heteroatoms. The minimum absolute atomic E-state index is 0.00798. The zero-order valence-electron chi connectivity index (χ0n) is 20.4. The van der Waals surface area contributed by atoms with Crippen LogP contribution in [-0.4, -0.2) is 37.9 Å². The molecule has 2 rings (SSSR count). The summed E-state index contributed by atoms with van der Waals surface area (Å²) in [6, 6.07) is 11.6. The Morgan fingerprint density at radius 2 is 1.41 bits per heavy atom. The van der Waals surface area contributed by atoms with Crippen LogP contribution in [0.25, 0.3) is 0 Å². The maximum Gasteiger partial charge on any atom is 0.223 e. The van der Waals surface area contributed by atoms with Gasteiger partial charge in [0.25, 0.3) is 0 Å². The third-order valence-corrected chi connectivity index (χ3v) is 4.58. The largest absolute Gasteiger partial charge is 0.490 e. The topological polar surface area (TPSA) is 57.2 Å². The first kappa shape index (κ1) is 25.4. The van der Waals surface area contributed by atoms with Crippen molar-refractivity contribution < 1.29 is 23.7 Å². The Labute approximate surface area is 192 Å². The molecule has 0 N–H and O–H groups in total. The molecule has 0 aliphatic heterocycles. The number of benzene rings is 2. The van der Waals surface area contributed by atoms with Gasteiger partial charge in [-0.1, -0.05) is 6.07 Å². The zero-order valence-corrected chi connectivity index (χ0v) is 20.4. The molecular weight excluding hydrogens is 406 g/mol. The van der Waals surface area contributed by atoms with Crippen LogP contribution < -0.4 is 23.8 Å². The number of nitrogens with zero attached hydrogens (tertiary/aromatic N) is 1. The highest BCUT2D eigenvalue weighted by atomic mass is 16.5. The molecule has 0 radical (unpaired) electrons. The summed E-state index contributed by atoms with van der Waals surface area (Å²) >= 11 is 0. The normalized spacial score (nSPS) is 10.9. The second-order valence-corrected chi connectivity index (χ2v) is 8.03. The van der Waals surface area contributed by atoms with Gasteiger partial charge < -0.3 is 23.8 Å². The first-order valence-corrected chi connectivity index (χ1v) is 11.4. The van der Waals surface area contributed by atoms with E-state index in [0.717, 1.165) is 22.7 Å². The van der Waals surface area contributed by atoms with Crippen LogP contribution in [-0.2, 0) is 11.2 Å². The average molecular weight is 444 g/mol. The Morgan fingerprint density at radius 3 is 2.00 bits per heavy atom. The molecule has 0 fully saturated rings. The number of hydrogen-bond donors (Lipinski definition) is 0. The summed E-state index contributed by atoms with van der Waals surface area (Å²) in [6.07, 6.45) is 0.696. The van der Waals surface area contributed by atoms with Crippen LogP contribution in [0.1, 0.15) is 54.0 Å². The van der Waals surface area contributed by atoms with Gasteiger partial charge in [-0.2, -0.15) is 0 Å². The number of rotatable bonds is 12. The van der Waals surface area contributed by atoms with Crippen LogP contribution in [0.2, 0.25) is 0 Å². The molecule has 2 aromatic rings. The van der Waals surface area contributed by atoms with Crippen LogP contribution >= 0.6 is 0 Å². The van der Waals surface area contributed by atoms with E-state index >= 15 is 0 Å². The van der Waals surface area contributed by atoms with Crippen molar-refractivity contribution in [3.63, 3.8) is 0 Å². The Hall–Kier alpha value is -2.89. The van der Waals surface area contributed by atoms with Crippen molar-refractivity contribution in [2.75, 3.05) is 24.7 Å². The van der Waals surface area contributed by atoms with Gasteiger partial charge in [-0.3, -0.25) is 4.79 Å². The van der Waals surface area contributed by atoms with Gasteiger partial charge in [-0.05, 0) is 77.8 Å². The minimum Gasteiger partial charge on any atom is -0.490 e. The van der Waals surface area contributed by atoms with Crippen LogP contribution in [0, 0.1) is 0 Å². The lowest BCUT2D eigenvalue weighted by atomic mass is 10.1. The fourth-order valence-corrected chi connectivity index (χ4v) is 3.32. The predicted octanol–water partition coefficient (Wildman–Crippen LogP) is 5.65. The maximum atomic E-state index is 12.5. The average Bonchev–Trinajstić information content (AvgIpc) is 2.71. The van der Waals surface area contributed by atoms with E-state index in [9.17, 15) is 4.79 Å². The molecule has 0 unspecified atom stereocenters. The molecular formula is C26H37NO5. The van der Waals surface area contributed by atoms with Crippen LogP contribution in [0.5, 0.6) is 23.0 Å². The van der Waals surface area contributed by atoms with Gasteiger partial charge in [0.1, 0.15) is 0 Å². The predicted molar refractivity (Wildman–Crippen MR) is 128 cm³/mol. The number of carbonyl (C=O) groups excluding carboxylic acids is 1. The SMILES string of the molecule is CCOc1ccc(CCN(C(C)=O)c2ccc(OC(C)C)c(OC(C)C)c2)cc1OCC. The second-order valence-electron chi connectivity index (χ2n) is 8.03. The lowest BCUT2D eigenvalue weighted by Gasteiger charge is -2.24. The monoisotopic (exact) mass is 443 g/mol. The van der Waals surface area contributed by atoms with Crippen LogP contribution in [0.15, 0.2) is 36.4 Å². The summed E-state index contributed by atoms with van der Waals surface area (Å²) in [7, 11) is 0. The first-order valence-electron chi connectivity index (χ1n) is 11.4. The molecule has 0 atom stereocenters. The van der Waals surface area contributed by atoms with E-state index in [1.807, 2.05) is 77.9 Å². The van der Waals surface area contributed by atoms with Gasteiger partial charge in [-0.25, -0.2) is 0 Å². The molecule has 0 bridgehead atoms. The number of ether oxygens (including phenoxy) is 4. The minimum atomic E-state index is -0.0333. The summed E-state index contributed by atoms with van der Waals surface area (Å²) in [4.78, 5) is 14.2. The van der Waals surface area contributed by atoms with E-state index in [1.165, 1.54) is 0 Å².